The first kappa shape index (κ1) is 21.3. The Hall–Kier alpha value is -2.89. The van der Waals surface area contributed by atoms with Gasteiger partial charge in [-0.3, -0.25) is 9.59 Å². The lowest BCUT2D eigenvalue weighted by atomic mass is 10.1. The van der Waals surface area contributed by atoms with Gasteiger partial charge in [0.2, 0.25) is 0 Å². The number of benzene rings is 2. The van der Waals surface area contributed by atoms with Gasteiger partial charge in [0.15, 0.2) is 0 Å². The van der Waals surface area contributed by atoms with Crippen LogP contribution in [0, 0.1) is 6.92 Å². The largest absolute Gasteiger partial charge is 0.350 e. The molecule has 4 nitrogen and oxygen atoms in total. The summed E-state index contributed by atoms with van der Waals surface area (Å²) < 4.78 is 0. The fourth-order valence-corrected chi connectivity index (χ4v) is 4.62. The summed E-state index contributed by atoms with van der Waals surface area (Å²) in [5.74, 6) is -0.674. The van der Waals surface area contributed by atoms with Crippen molar-refractivity contribution in [2.24, 2.45) is 0 Å². The van der Waals surface area contributed by atoms with Gasteiger partial charge in [-0.05, 0) is 72.7 Å². The Morgan fingerprint density at radius 3 is 2.45 bits per heavy atom. The maximum atomic E-state index is 13.4. The molecular formula is C25H23ClN2O2S. The van der Waals surface area contributed by atoms with E-state index >= 15 is 0 Å². The molecule has 2 aromatic carbocycles. The van der Waals surface area contributed by atoms with Gasteiger partial charge >= 0.3 is 0 Å². The topological polar surface area (TPSA) is 49.4 Å². The molecule has 3 aromatic rings. The van der Waals surface area contributed by atoms with Gasteiger partial charge in [-0.1, -0.05) is 43.1 Å². The van der Waals surface area contributed by atoms with Crippen LogP contribution in [0.4, 0.5) is 11.4 Å². The predicted octanol–water partition coefficient (Wildman–Crippen LogP) is 6.45. The fraction of sp³-hybridized carbons (Fsp3) is 0.200. The molecule has 31 heavy (non-hydrogen) atoms. The van der Waals surface area contributed by atoms with Crippen molar-refractivity contribution < 1.29 is 9.59 Å². The van der Waals surface area contributed by atoms with E-state index in [2.05, 4.69) is 12.2 Å². The molecule has 1 aliphatic heterocycles. The van der Waals surface area contributed by atoms with Crippen molar-refractivity contribution in [2.45, 2.75) is 33.1 Å². The summed E-state index contributed by atoms with van der Waals surface area (Å²) in [5.41, 5.74) is 4.09. The quantitative estimate of drug-likeness (QED) is 0.421. The standard InChI is InChI=1S/C25H23ClN2O2S/c1-3-4-6-17-8-11-19(12-9-17)28-24(29)22(21-7-5-14-31-21)23(25(28)30)27-20-13-10-18(26)15-16(20)2/h5,7-15,27H,3-4,6H2,1-2H3. The summed E-state index contributed by atoms with van der Waals surface area (Å²) in [4.78, 5) is 28.8. The maximum absolute atomic E-state index is 13.4. The summed E-state index contributed by atoms with van der Waals surface area (Å²) in [6.07, 6.45) is 3.22. The molecule has 1 aromatic heterocycles. The predicted molar refractivity (Wildman–Crippen MR) is 129 cm³/mol. The number of nitrogens with zero attached hydrogens (tertiary/aromatic N) is 1. The number of carbonyl (C=O) groups is 2. The average Bonchev–Trinajstić information content (AvgIpc) is 3.36. The van der Waals surface area contributed by atoms with E-state index in [4.69, 9.17) is 11.6 Å². The Kier molecular flexibility index (Phi) is 6.25. The normalized spacial score (nSPS) is 14.0. The maximum Gasteiger partial charge on any atom is 0.282 e. The molecule has 0 radical (unpaired) electrons. The molecule has 6 heteroatoms. The lowest BCUT2D eigenvalue weighted by Crippen LogP contribution is -2.32. The van der Waals surface area contributed by atoms with E-state index in [1.54, 1.807) is 6.07 Å². The number of unbranched alkanes of at least 4 members (excludes halogenated alkanes) is 1. The number of aryl methyl sites for hydroxylation is 2. The van der Waals surface area contributed by atoms with Crippen molar-refractivity contribution in [2.75, 3.05) is 10.2 Å². The third-order valence-corrected chi connectivity index (χ3v) is 6.44. The second-order valence-electron chi connectivity index (χ2n) is 7.53. The number of rotatable bonds is 7. The second kappa shape index (κ2) is 9.08. The van der Waals surface area contributed by atoms with Crippen LogP contribution in [-0.2, 0) is 16.0 Å². The van der Waals surface area contributed by atoms with Crippen LogP contribution in [0.5, 0.6) is 0 Å². The Bertz CT molecular complexity index is 1150. The van der Waals surface area contributed by atoms with Gasteiger partial charge in [-0.15, -0.1) is 11.3 Å². The first-order valence-electron chi connectivity index (χ1n) is 10.3. The van der Waals surface area contributed by atoms with Crippen molar-refractivity contribution in [1.82, 2.24) is 0 Å². The van der Waals surface area contributed by atoms with E-state index in [9.17, 15) is 9.59 Å². The third kappa shape index (κ3) is 4.29. The fourth-order valence-electron chi connectivity index (χ4n) is 3.62. The van der Waals surface area contributed by atoms with Crippen molar-refractivity contribution in [1.29, 1.82) is 0 Å². The van der Waals surface area contributed by atoms with E-state index in [0.717, 1.165) is 35.4 Å². The molecule has 158 valence electrons. The molecular weight excluding hydrogens is 428 g/mol. The highest BCUT2D eigenvalue weighted by Gasteiger charge is 2.40. The third-order valence-electron chi connectivity index (χ3n) is 5.31. The van der Waals surface area contributed by atoms with Gasteiger partial charge < -0.3 is 5.32 Å². The zero-order chi connectivity index (χ0) is 22.0. The number of anilines is 2. The van der Waals surface area contributed by atoms with Gasteiger partial charge in [0.25, 0.3) is 11.8 Å². The average molecular weight is 451 g/mol. The van der Waals surface area contributed by atoms with Crippen LogP contribution >= 0.6 is 22.9 Å². The molecule has 0 saturated heterocycles. The summed E-state index contributed by atoms with van der Waals surface area (Å²) in [6.45, 7) is 4.07. The van der Waals surface area contributed by atoms with E-state index in [1.807, 2.05) is 60.8 Å². The van der Waals surface area contributed by atoms with Crippen LogP contribution in [0.1, 0.15) is 35.8 Å². The molecule has 2 heterocycles. The summed E-state index contributed by atoms with van der Waals surface area (Å²) >= 11 is 7.51. The lowest BCUT2D eigenvalue weighted by Gasteiger charge is -2.16. The van der Waals surface area contributed by atoms with E-state index in [1.165, 1.54) is 21.8 Å². The summed E-state index contributed by atoms with van der Waals surface area (Å²) in [7, 11) is 0. The highest BCUT2D eigenvalue weighted by atomic mass is 35.5. The number of hydrogen-bond acceptors (Lipinski definition) is 4. The molecule has 0 bridgehead atoms. The number of imide groups is 1. The van der Waals surface area contributed by atoms with Crippen molar-refractivity contribution >= 4 is 51.7 Å². The first-order chi connectivity index (χ1) is 15.0. The molecule has 0 fully saturated rings. The molecule has 1 N–H and O–H groups in total. The van der Waals surface area contributed by atoms with Crippen LogP contribution in [0.3, 0.4) is 0 Å². The molecule has 4 rings (SSSR count). The second-order valence-corrected chi connectivity index (χ2v) is 8.91. The van der Waals surface area contributed by atoms with Gasteiger partial charge in [0, 0.05) is 15.6 Å². The Morgan fingerprint density at radius 2 is 1.81 bits per heavy atom. The monoisotopic (exact) mass is 450 g/mol. The van der Waals surface area contributed by atoms with Crippen LogP contribution in [0.15, 0.2) is 65.7 Å². The Labute approximate surface area is 191 Å². The first-order valence-corrected chi connectivity index (χ1v) is 11.5. The van der Waals surface area contributed by atoms with Gasteiger partial charge in [0.1, 0.15) is 5.70 Å². The highest BCUT2D eigenvalue weighted by Crippen LogP contribution is 2.36. The minimum absolute atomic E-state index is 0.285. The van der Waals surface area contributed by atoms with Crippen molar-refractivity contribution in [3.8, 4) is 0 Å². The van der Waals surface area contributed by atoms with Gasteiger partial charge in [0.05, 0.1) is 11.3 Å². The Balaban J connectivity index is 1.71. The van der Waals surface area contributed by atoms with Crippen molar-refractivity contribution in [3.63, 3.8) is 0 Å². The lowest BCUT2D eigenvalue weighted by molar-refractivity contribution is -0.120. The van der Waals surface area contributed by atoms with E-state index < -0.39 is 0 Å². The van der Waals surface area contributed by atoms with Crippen LogP contribution in [0.2, 0.25) is 5.02 Å². The summed E-state index contributed by atoms with van der Waals surface area (Å²) in [5, 5.41) is 5.73. The van der Waals surface area contributed by atoms with Crippen LogP contribution in [0.25, 0.3) is 5.57 Å². The molecule has 2 amide bonds. The zero-order valence-electron chi connectivity index (χ0n) is 17.4. The van der Waals surface area contributed by atoms with Gasteiger partial charge in [-0.25, -0.2) is 4.90 Å². The molecule has 0 atom stereocenters. The number of thiophene rings is 1. The number of carbonyl (C=O) groups excluding carboxylic acids is 2. The number of nitrogens with one attached hydrogen (secondary N) is 1. The SMILES string of the molecule is CCCCc1ccc(N2C(=O)C(Nc3ccc(Cl)cc3C)=C(c3cccs3)C2=O)cc1. The smallest absolute Gasteiger partial charge is 0.282 e. The zero-order valence-corrected chi connectivity index (χ0v) is 19.0. The minimum atomic E-state index is -0.357. The molecule has 0 aliphatic carbocycles. The number of halogens is 1. The van der Waals surface area contributed by atoms with Crippen LogP contribution in [-0.4, -0.2) is 11.8 Å². The summed E-state index contributed by atoms with van der Waals surface area (Å²) in [6, 6.07) is 16.8. The van der Waals surface area contributed by atoms with Crippen LogP contribution < -0.4 is 10.2 Å². The molecule has 0 saturated carbocycles. The number of amides is 2. The van der Waals surface area contributed by atoms with Crippen molar-refractivity contribution in [3.05, 3.63) is 86.7 Å². The van der Waals surface area contributed by atoms with E-state index in [-0.39, 0.29) is 17.5 Å². The number of hydrogen-bond donors (Lipinski definition) is 1. The molecule has 1 aliphatic rings. The molecule has 0 spiro atoms. The van der Waals surface area contributed by atoms with E-state index in [0.29, 0.717) is 16.3 Å². The molecule has 0 unspecified atom stereocenters. The van der Waals surface area contributed by atoms with Gasteiger partial charge in [-0.2, -0.15) is 0 Å². The minimum Gasteiger partial charge on any atom is -0.350 e. The Morgan fingerprint density at radius 1 is 1.03 bits per heavy atom. The highest BCUT2D eigenvalue weighted by molar-refractivity contribution is 7.11.